The molecule has 56 valence electrons. The number of nitrogens with zero attached hydrogens (tertiary/aromatic N) is 1. The van der Waals surface area contributed by atoms with Crippen molar-refractivity contribution in [2.75, 3.05) is 0 Å². The van der Waals surface area contributed by atoms with Crippen molar-refractivity contribution in [2.45, 2.75) is 6.54 Å². The van der Waals surface area contributed by atoms with E-state index in [2.05, 4.69) is 11.1 Å². The highest BCUT2D eigenvalue weighted by molar-refractivity contribution is 7.16. The summed E-state index contributed by atoms with van der Waals surface area (Å²) in [7, 11) is 0. The molecular formula is C8H8N2S. The summed E-state index contributed by atoms with van der Waals surface area (Å²) in [5, 5.41) is 0. The highest BCUT2D eigenvalue weighted by Gasteiger charge is 1.95. The van der Waals surface area contributed by atoms with Crippen LogP contribution >= 0.6 is 11.3 Å². The second-order valence-electron chi connectivity index (χ2n) is 2.36. The summed E-state index contributed by atoms with van der Waals surface area (Å²) < 4.78 is 1.22. The Labute approximate surface area is 68.7 Å². The van der Waals surface area contributed by atoms with Gasteiger partial charge in [0.1, 0.15) is 0 Å². The third-order valence-electron chi connectivity index (χ3n) is 1.63. The van der Waals surface area contributed by atoms with E-state index in [9.17, 15) is 0 Å². The highest BCUT2D eigenvalue weighted by Crippen LogP contribution is 2.18. The van der Waals surface area contributed by atoms with E-state index in [1.807, 2.05) is 17.6 Å². The van der Waals surface area contributed by atoms with Crippen LogP contribution in [0.3, 0.4) is 0 Å². The van der Waals surface area contributed by atoms with E-state index in [0.717, 1.165) is 5.52 Å². The van der Waals surface area contributed by atoms with E-state index in [-0.39, 0.29) is 0 Å². The van der Waals surface area contributed by atoms with Gasteiger partial charge in [-0.25, -0.2) is 4.98 Å². The van der Waals surface area contributed by atoms with Crippen LogP contribution in [0, 0.1) is 0 Å². The minimum absolute atomic E-state index is 0.605. The Balaban J connectivity index is 2.67. The quantitative estimate of drug-likeness (QED) is 0.697. The van der Waals surface area contributed by atoms with E-state index in [4.69, 9.17) is 5.73 Å². The molecule has 1 heterocycles. The van der Waals surface area contributed by atoms with Gasteiger partial charge in [0.15, 0.2) is 0 Å². The Morgan fingerprint density at radius 3 is 3.18 bits per heavy atom. The molecule has 0 fully saturated rings. The topological polar surface area (TPSA) is 38.9 Å². The average molecular weight is 164 g/mol. The van der Waals surface area contributed by atoms with Crippen molar-refractivity contribution in [1.29, 1.82) is 0 Å². The van der Waals surface area contributed by atoms with Crippen LogP contribution in [0.25, 0.3) is 10.2 Å². The van der Waals surface area contributed by atoms with E-state index in [0.29, 0.717) is 6.54 Å². The standard InChI is InChI=1S/C8H8N2S/c9-4-6-1-2-7-8(3-6)11-5-10-7/h1-3,5H,4,9H2. The molecule has 2 nitrogen and oxygen atoms in total. The Kier molecular flexibility index (Phi) is 1.60. The number of thiazole rings is 1. The lowest BCUT2D eigenvalue weighted by Gasteiger charge is -1.93. The molecule has 0 atom stereocenters. The highest BCUT2D eigenvalue weighted by atomic mass is 32.1. The predicted octanol–water partition coefficient (Wildman–Crippen LogP) is 1.75. The van der Waals surface area contributed by atoms with Crippen molar-refractivity contribution in [3.63, 3.8) is 0 Å². The van der Waals surface area contributed by atoms with Crippen molar-refractivity contribution in [1.82, 2.24) is 4.98 Å². The molecule has 0 radical (unpaired) electrons. The minimum atomic E-state index is 0.605. The van der Waals surface area contributed by atoms with Crippen molar-refractivity contribution in [3.8, 4) is 0 Å². The molecule has 1 aromatic heterocycles. The van der Waals surface area contributed by atoms with Crippen LogP contribution in [-0.4, -0.2) is 4.98 Å². The fourth-order valence-corrected chi connectivity index (χ4v) is 1.77. The second-order valence-corrected chi connectivity index (χ2v) is 3.24. The molecule has 2 rings (SSSR count). The Morgan fingerprint density at radius 2 is 2.36 bits per heavy atom. The number of aromatic nitrogens is 1. The lowest BCUT2D eigenvalue weighted by molar-refractivity contribution is 1.08. The molecule has 0 aliphatic carbocycles. The lowest BCUT2D eigenvalue weighted by Crippen LogP contribution is -1.94. The van der Waals surface area contributed by atoms with E-state index < -0.39 is 0 Å². The van der Waals surface area contributed by atoms with Crippen LogP contribution in [0.15, 0.2) is 23.7 Å². The Morgan fingerprint density at radius 1 is 1.45 bits per heavy atom. The first kappa shape index (κ1) is 6.76. The fourth-order valence-electron chi connectivity index (χ4n) is 1.03. The Bertz CT molecular complexity index is 367. The third-order valence-corrected chi connectivity index (χ3v) is 2.42. The molecule has 0 aliphatic rings. The van der Waals surface area contributed by atoms with Crippen LogP contribution in [0.4, 0.5) is 0 Å². The largest absolute Gasteiger partial charge is 0.326 e. The summed E-state index contributed by atoms with van der Waals surface area (Å²) in [5.41, 5.74) is 9.58. The van der Waals surface area contributed by atoms with Gasteiger partial charge in [-0.1, -0.05) is 6.07 Å². The van der Waals surface area contributed by atoms with Gasteiger partial charge in [0.05, 0.1) is 15.7 Å². The average Bonchev–Trinajstić information content (AvgIpc) is 2.50. The van der Waals surface area contributed by atoms with Crippen LogP contribution in [0.1, 0.15) is 5.56 Å². The van der Waals surface area contributed by atoms with Gasteiger partial charge in [0.25, 0.3) is 0 Å². The fraction of sp³-hybridized carbons (Fsp3) is 0.125. The molecule has 0 saturated heterocycles. The normalized spacial score (nSPS) is 10.6. The van der Waals surface area contributed by atoms with Crippen LogP contribution < -0.4 is 5.73 Å². The number of fused-ring (bicyclic) bond motifs is 1. The van der Waals surface area contributed by atoms with Crippen LogP contribution in [-0.2, 0) is 6.54 Å². The zero-order valence-electron chi connectivity index (χ0n) is 5.95. The lowest BCUT2D eigenvalue weighted by atomic mass is 10.2. The van der Waals surface area contributed by atoms with Gasteiger partial charge in [-0.05, 0) is 17.7 Å². The zero-order chi connectivity index (χ0) is 7.68. The van der Waals surface area contributed by atoms with E-state index in [1.165, 1.54) is 10.3 Å². The molecule has 11 heavy (non-hydrogen) atoms. The van der Waals surface area contributed by atoms with E-state index >= 15 is 0 Å². The first-order valence-electron chi connectivity index (χ1n) is 3.42. The molecule has 3 heteroatoms. The van der Waals surface area contributed by atoms with Crippen molar-refractivity contribution in [2.24, 2.45) is 5.73 Å². The molecule has 0 amide bonds. The van der Waals surface area contributed by atoms with Crippen molar-refractivity contribution in [3.05, 3.63) is 29.3 Å². The van der Waals surface area contributed by atoms with Gasteiger partial charge in [-0.3, -0.25) is 0 Å². The summed E-state index contributed by atoms with van der Waals surface area (Å²) in [6, 6.07) is 6.11. The van der Waals surface area contributed by atoms with Gasteiger partial charge in [0, 0.05) is 6.54 Å². The summed E-state index contributed by atoms with van der Waals surface area (Å²) in [5.74, 6) is 0. The maximum absolute atomic E-state index is 5.49. The monoisotopic (exact) mass is 164 g/mol. The minimum Gasteiger partial charge on any atom is -0.326 e. The first-order chi connectivity index (χ1) is 5.40. The summed E-state index contributed by atoms with van der Waals surface area (Å²) in [4.78, 5) is 4.17. The maximum atomic E-state index is 5.49. The predicted molar refractivity (Wildman–Crippen MR) is 47.5 cm³/mol. The van der Waals surface area contributed by atoms with Crippen LogP contribution in [0.5, 0.6) is 0 Å². The summed E-state index contributed by atoms with van der Waals surface area (Å²) in [6.07, 6.45) is 0. The molecule has 0 spiro atoms. The van der Waals surface area contributed by atoms with Gasteiger partial charge >= 0.3 is 0 Å². The molecular weight excluding hydrogens is 156 g/mol. The van der Waals surface area contributed by atoms with E-state index in [1.54, 1.807) is 11.3 Å². The summed E-state index contributed by atoms with van der Waals surface area (Å²) in [6.45, 7) is 0.605. The molecule has 2 N–H and O–H groups in total. The van der Waals surface area contributed by atoms with Gasteiger partial charge < -0.3 is 5.73 Å². The smallest absolute Gasteiger partial charge is 0.0812 e. The summed E-state index contributed by atoms with van der Waals surface area (Å²) >= 11 is 1.65. The first-order valence-corrected chi connectivity index (χ1v) is 4.30. The molecule has 0 bridgehead atoms. The molecule has 2 aromatic rings. The number of rotatable bonds is 1. The number of benzene rings is 1. The number of hydrogen-bond acceptors (Lipinski definition) is 3. The number of nitrogens with two attached hydrogens (primary N) is 1. The number of hydrogen-bond donors (Lipinski definition) is 1. The third kappa shape index (κ3) is 1.13. The molecule has 0 saturated carbocycles. The molecule has 0 unspecified atom stereocenters. The van der Waals surface area contributed by atoms with Crippen molar-refractivity contribution < 1.29 is 0 Å². The molecule has 1 aromatic carbocycles. The maximum Gasteiger partial charge on any atom is 0.0812 e. The van der Waals surface area contributed by atoms with Gasteiger partial charge in [-0.15, -0.1) is 11.3 Å². The van der Waals surface area contributed by atoms with Gasteiger partial charge in [0.2, 0.25) is 0 Å². The zero-order valence-corrected chi connectivity index (χ0v) is 6.77. The SMILES string of the molecule is NCc1ccc2ncsc2c1. The van der Waals surface area contributed by atoms with Crippen LogP contribution in [0.2, 0.25) is 0 Å². The van der Waals surface area contributed by atoms with Gasteiger partial charge in [-0.2, -0.15) is 0 Å². The Hall–Kier alpha value is -0.930. The van der Waals surface area contributed by atoms with Crippen molar-refractivity contribution >= 4 is 21.6 Å². The second kappa shape index (κ2) is 2.60. The molecule has 0 aliphatic heterocycles.